The number of phenols is 2. The van der Waals surface area contributed by atoms with E-state index in [0.29, 0.717) is 5.75 Å². The molecule has 0 saturated carbocycles. The van der Waals surface area contributed by atoms with Crippen molar-refractivity contribution in [2.24, 2.45) is 0 Å². The zero-order valence-electron chi connectivity index (χ0n) is 29.3. The van der Waals surface area contributed by atoms with Crippen LogP contribution in [0, 0.1) is 0 Å². The fourth-order valence-electron chi connectivity index (χ4n) is 8.17. The van der Waals surface area contributed by atoms with E-state index < -0.39 is 0 Å². The maximum atomic E-state index is 11.2. The Bertz CT molecular complexity index is 2970. The third-order valence-electron chi connectivity index (χ3n) is 10.6. The van der Waals surface area contributed by atoms with E-state index in [2.05, 4.69) is 72.8 Å². The first-order chi connectivity index (χ1) is 26.6. The number of hydrogen-bond donors (Lipinski definition) is 2. The van der Waals surface area contributed by atoms with Crippen LogP contribution < -0.4 is 9.47 Å². The second-order valence-corrected chi connectivity index (χ2v) is 13.8. The molecule has 4 nitrogen and oxygen atoms in total. The molecule has 0 atom stereocenters. The number of phenolic OH excluding ortho intramolecular Hbond substituents is 2. The molecule has 9 aromatic rings. The molecule has 0 bridgehead atoms. The summed E-state index contributed by atoms with van der Waals surface area (Å²) in [6.07, 6.45) is 4.11. The van der Waals surface area contributed by atoms with E-state index in [9.17, 15) is 10.2 Å². The first-order valence-electron chi connectivity index (χ1n) is 18.2. The minimum atomic E-state index is 0.232. The molecule has 0 aliphatic heterocycles. The number of hydrogen-bond acceptors (Lipinski definition) is 4. The van der Waals surface area contributed by atoms with Gasteiger partial charge in [0.05, 0.1) is 0 Å². The van der Waals surface area contributed by atoms with Gasteiger partial charge in [-0.15, -0.1) is 0 Å². The maximum absolute atomic E-state index is 11.2. The van der Waals surface area contributed by atoms with Gasteiger partial charge in [-0.3, -0.25) is 0 Å². The fourth-order valence-corrected chi connectivity index (χ4v) is 8.17. The Morgan fingerprint density at radius 3 is 1.96 bits per heavy atom. The zero-order chi connectivity index (χ0) is 36.2. The van der Waals surface area contributed by atoms with Crippen LogP contribution >= 0.6 is 0 Å². The summed E-state index contributed by atoms with van der Waals surface area (Å²) in [5.41, 5.74) is 6.46. The Hall–Kier alpha value is -7.04. The molecule has 0 amide bonds. The lowest BCUT2D eigenvalue weighted by Crippen LogP contribution is -2.04. The van der Waals surface area contributed by atoms with Crippen LogP contribution in [0.1, 0.15) is 23.1 Å². The summed E-state index contributed by atoms with van der Waals surface area (Å²) in [7, 11) is 0. The summed E-state index contributed by atoms with van der Waals surface area (Å²) >= 11 is 0. The molecule has 9 aromatic carbocycles. The van der Waals surface area contributed by atoms with Crippen molar-refractivity contribution in [1.82, 2.24) is 0 Å². The van der Waals surface area contributed by atoms with E-state index >= 15 is 0 Å². The summed E-state index contributed by atoms with van der Waals surface area (Å²) in [5.74, 6) is 3.55. The summed E-state index contributed by atoms with van der Waals surface area (Å²) in [6, 6.07) is 54.4. The Morgan fingerprint density at radius 1 is 0.426 bits per heavy atom. The van der Waals surface area contributed by atoms with Gasteiger partial charge in [0.1, 0.15) is 34.5 Å². The van der Waals surface area contributed by atoms with E-state index in [-0.39, 0.29) is 11.5 Å². The van der Waals surface area contributed by atoms with Crippen LogP contribution in [0.25, 0.3) is 59.8 Å². The summed E-state index contributed by atoms with van der Waals surface area (Å²) in [4.78, 5) is 0. The lowest BCUT2D eigenvalue weighted by molar-refractivity contribution is 0.475. The second-order valence-electron chi connectivity index (χ2n) is 13.8. The minimum Gasteiger partial charge on any atom is -0.508 e. The van der Waals surface area contributed by atoms with Crippen LogP contribution in [0.15, 0.2) is 170 Å². The van der Waals surface area contributed by atoms with Crippen molar-refractivity contribution in [3.8, 4) is 45.6 Å². The van der Waals surface area contributed by atoms with Crippen LogP contribution in [0.2, 0.25) is 0 Å². The third-order valence-corrected chi connectivity index (χ3v) is 10.6. The quantitative estimate of drug-likeness (QED) is 0.181. The first kappa shape index (κ1) is 31.7. The molecule has 0 spiro atoms. The van der Waals surface area contributed by atoms with Gasteiger partial charge in [-0.1, -0.05) is 109 Å². The molecule has 4 heteroatoms. The molecule has 0 fully saturated rings. The van der Waals surface area contributed by atoms with Crippen molar-refractivity contribution in [3.05, 3.63) is 187 Å². The van der Waals surface area contributed by atoms with Crippen LogP contribution in [0.4, 0.5) is 0 Å². The average molecular weight is 699 g/mol. The van der Waals surface area contributed by atoms with Crippen molar-refractivity contribution < 1.29 is 19.7 Å². The van der Waals surface area contributed by atoms with Gasteiger partial charge in [-0.2, -0.15) is 0 Å². The number of ether oxygens (including phenoxy) is 2. The zero-order valence-corrected chi connectivity index (χ0v) is 29.3. The van der Waals surface area contributed by atoms with Crippen LogP contribution in [0.5, 0.6) is 34.5 Å². The molecule has 2 N–H and O–H groups in total. The van der Waals surface area contributed by atoms with E-state index in [0.717, 1.165) is 89.9 Å². The highest BCUT2D eigenvalue weighted by Crippen LogP contribution is 2.45. The molecule has 10 rings (SSSR count). The molecular weight excluding hydrogens is 665 g/mol. The van der Waals surface area contributed by atoms with Gasteiger partial charge < -0.3 is 19.7 Å². The molecule has 1 aliphatic carbocycles. The molecule has 0 heterocycles. The minimum absolute atomic E-state index is 0.232. The van der Waals surface area contributed by atoms with Crippen molar-refractivity contribution >= 4 is 48.7 Å². The van der Waals surface area contributed by atoms with E-state index in [1.54, 1.807) is 12.1 Å². The third kappa shape index (κ3) is 5.39. The lowest BCUT2D eigenvalue weighted by atomic mass is 9.84. The van der Waals surface area contributed by atoms with E-state index in [1.165, 1.54) is 16.7 Å². The summed E-state index contributed by atoms with van der Waals surface area (Å²) < 4.78 is 13.4. The van der Waals surface area contributed by atoms with Gasteiger partial charge in [0.2, 0.25) is 0 Å². The Balaban J connectivity index is 0.979. The Kier molecular flexibility index (Phi) is 7.55. The molecule has 0 saturated heterocycles. The molecule has 1 aliphatic rings. The van der Waals surface area contributed by atoms with Gasteiger partial charge in [0.15, 0.2) is 0 Å². The average Bonchev–Trinajstić information content (AvgIpc) is 3.20. The SMILES string of the molecule is Oc1ccc2c(C3=CCCc4c(Oc5ccc6c(Oc7cccc8c(-c9cccc%10ccccc9%10)c(O)ccc78)cccc6c5)cccc43)cccc2c1. The van der Waals surface area contributed by atoms with Gasteiger partial charge in [0, 0.05) is 21.9 Å². The molecule has 0 unspecified atom stereocenters. The fraction of sp³-hybridized carbons (Fsp3) is 0.0400. The molecule has 0 radical (unpaired) electrons. The second kappa shape index (κ2) is 12.9. The molecule has 258 valence electrons. The topological polar surface area (TPSA) is 58.9 Å². The van der Waals surface area contributed by atoms with Crippen molar-refractivity contribution in [3.63, 3.8) is 0 Å². The highest BCUT2D eigenvalue weighted by molar-refractivity contribution is 6.09. The molecule has 0 aromatic heterocycles. The number of allylic oxidation sites excluding steroid dienone is 1. The summed E-state index contributed by atoms with van der Waals surface area (Å²) in [6.45, 7) is 0. The largest absolute Gasteiger partial charge is 0.508 e. The van der Waals surface area contributed by atoms with Crippen LogP contribution in [0.3, 0.4) is 0 Å². The number of benzene rings is 9. The normalized spacial score (nSPS) is 12.6. The van der Waals surface area contributed by atoms with Crippen molar-refractivity contribution in [1.29, 1.82) is 0 Å². The highest BCUT2D eigenvalue weighted by Gasteiger charge is 2.21. The smallest absolute Gasteiger partial charge is 0.135 e. The Morgan fingerprint density at radius 2 is 1.06 bits per heavy atom. The lowest BCUT2D eigenvalue weighted by Gasteiger charge is -2.22. The van der Waals surface area contributed by atoms with Crippen molar-refractivity contribution in [2.45, 2.75) is 12.8 Å². The molecule has 54 heavy (non-hydrogen) atoms. The predicted molar refractivity (Wildman–Crippen MR) is 220 cm³/mol. The highest BCUT2D eigenvalue weighted by atomic mass is 16.5. The maximum Gasteiger partial charge on any atom is 0.135 e. The van der Waals surface area contributed by atoms with E-state index in [4.69, 9.17) is 9.47 Å². The van der Waals surface area contributed by atoms with Crippen LogP contribution in [-0.2, 0) is 6.42 Å². The summed E-state index contributed by atoms with van der Waals surface area (Å²) in [5, 5.41) is 29.4. The van der Waals surface area contributed by atoms with Gasteiger partial charge in [0.25, 0.3) is 0 Å². The number of rotatable bonds is 6. The number of aromatic hydroxyl groups is 2. The van der Waals surface area contributed by atoms with Crippen molar-refractivity contribution in [2.75, 3.05) is 0 Å². The van der Waals surface area contributed by atoms with E-state index in [1.807, 2.05) is 84.9 Å². The van der Waals surface area contributed by atoms with Gasteiger partial charge in [-0.05, 0) is 128 Å². The number of fused-ring (bicyclic) bond motifs is 5. The first-order valence-corrected chi connectivity index (χ1v) is 18.2. The van der Waals surface area contributed by atoms with Crippen LogP contribution in [-0.4, -0.2) is 10.2 Å². The predicted octanol–water partition coefficient (Wildman–Crippen LogP) is 13.3. The monoisotopic (exact) mass is 698 g/mol. The van der Waals surface area contributed by atoms with Gasteiger partial charge in [-0.25, -0.2) is 0 Å². The standard InChI is InChI=1S/C50H34O4/c51-34-23-25-37-32(29-34)11-4-14-39(37)40-15-6-17-42-41(40)16-7-21-48(42)53-35-24-26-38-33(30-35)12-5-20-47(38)54-49-22-8-19-45-43(49)27-28-46(52)50(45)44-18-3-10-31-9-1-2-13-36(31)44/h1-5,7-16,18-30,51-52H,6,17H2. The molecular formula is C50H34O4. The Labute approximate surface area is 312 Å². The van der Waals surface area contributed by atoms with Gasteiger partial charge >= 0.3 is 0 Å².